The number of ketones is 1. The molecule has 3 amide bonds. The fourth-order valence-electron chi connectivity index (χ4n) is 2.52. The summed E-state index contributed by atoms with van der Waals surface area (Å²) in [4.78, 5) is 36.1. The first-order valence-electron chi connectivity index (χ1n) is 8.32. The van der Waals surface area contributed by atoms with Gasteiger partial charge in [-0.25, -0.2) is 18.0 Å². The lowest BCUT2D eigenvalue weighted by Crippen LogP contribution is -2.35. The number of carbonyl (C=O) groups is 3. The van der Waals surface area contributed by atoms with Crippen molar-refractivity contribution in [1.29, 1.82) is 0 Å². The number of urea groups is 1. The van der Waals surface area contributed by atoms with Gasteiger partial charge in [-0.2, -0.15) is 0 Å². The second-order valence-electron chi connectivity index (χ2n) is 5.92. The second-order valence-corrected chi connectivity index (χ2v) is 5.92. The summed E-state index contributed by atoms with van der Waals surface area (Å²) in [6, 6.07) is 12.6. The van der Waals surface area contributed by atoms with Crippen molar-refractivity contribution in [3.8, 4) is 0 Å². The molecule has 0 unspecified atom stereocenters. The third-order valence-corrected chi connectivity index (χ3v) is 3.93. The molecule has 2 N–H and O–H groups in total. The molecular formula is C21H13F3N2O3. The highest BCUT2D eigenvalue weighted by molar-refractivity contribution is 6.10. The van der Waals surface area contributed by atoms with Crippen LogP contribution >= 0.6 is 0 Å². The van der Waals surface area contributed by atoms with Crippen LogP contribution < -0.4 is 10.6 Å². The Morgan fingerprint density at radius 3 is 1.76 bits per heavy atom. The summed E-state index contributed by atoms with van der Waals surface area (Å²) in [5, 5.41) is 4.14. The van der Waals surface area contributed by atoms with Crippen LogP contribution in [0.2, 0.25) is 0 Å². The normalized spacial score (nSPS) is 10.3. The van der Waals surface area contributed by atoms with E-state index in [9.17, 15) is 27.6 Å². The number of halogens is 3. The lowest BCUT2D eigenvalue weighted by atomic mass is 10.0. The van der Waals surface area contributed by atoms with Gasteiger partial charge in [0.1, 0.15) is 23.0 Å². The van der Waals surface area contributed by atoms with E-state index in [4.69, 9.17) is 0 Å². The number of nitrogens with one attached hydrogen (secondary N) is 2. The van der Waals surface area contributed by atoms with Crippen LogP contribution in [0.1, 0.15) is 26.3 Å². The summed E-state index contributed by atoms with van der Waals surface area (Å²) in [7, 11) is 0. The smallest absolute Gasteiger partial charge is 0.308 e. The van der Waals surface area contributed by atoms with E-state index >= 15 is 0 Å². The van der Waals surface area contributed by atoms with Crippen LogP contribution in [0, 0.1) is 17.5 Å². The Morgan fingerprint density at radius 1 is 0.690 bits per heavy atom. The van der Waals surface area contributed by atoms with Crippen molar-refractivity contribution in [3.63, 3.8) is 0 Å². The van der Waals surface area contributed by atoms with Crippen LogP contribution in [-0.2, 0) is 0 Å². The number of hydrogen-bond acceptors (Lipinski definition) is 3. The number of benzene rings is 3. The average molecular weight is 398 g/mol. The molecule has 146 valence electrons. The average Bonchev–Trinajstić information content (AvgIpc) is 2.68. The number of rotatable bonds is 4. The molecule has 0 saturated heterocycles. The van der Waals surface area contributed by atoms with E-state index in [1.54, 1.807) is 0 Å². The van der Waals surface area contributed by atoms with E-state index in [0.29, 0.717) is 11.1 Å². The van der Waals surface area contributed by atoms with Gasteiger partial charge in [0.15, 0.2) is 5.78 Å². The molecule has 0 aliphatic rings. The maximum absolute atomic E-state index is 13.6. The van der Waals surface area contributed by atoms with Crippen LogP contribution in [0.25, 0.3) is 0 Å². The van der Waals surface area contributed by atoms with Crippen molar-refractivity contribution >= 4 is 23.4 Å². The van der Waals surface area contributed by atoms with Crippen LogP contribution in [0.5, 0.6) is 0 Å². The summed E-state index contributed by atoms with van der Waals surface area (Å²) in [5.41, 5.74) is -0.0442. The molecule has 0 atom stereocenters. The summed E-state index contributed by atoms with van der Waals surface area (Å²) in [6.07, 6.45) is 0. The molecule has 0 radical (unpaired) electrons. The lowest BCUT2D eigenvalue weighted by molar-refractivity contribution is 0.0958. The summed E-state index contributed by atoms with van der Waals surface area (Å²) in [5.74, 6) is -4.23. The Hall–Kier alpha value is -3.94. The minimum absolute atomic E-state index is 0.236. The number of carbonyl (C=O) groups excluding carboxylic acids is 3. The van der Waals surface area contributed by atoms with Crippen LogP contribution in [0.3, 0.4) is 0 Å². The minimum atomic E-state index is -1.23. The van der Waals surface area contributed by atoms with Crippen LogP contribution in [-0.4, -0.2) is 17.7 Å². The molecule has 8 heteroatoms. The van der Waals surface area contributed by atoms with Crippen molar-refractivity contribution in [2.75, 3.05) is 5.32 Å². The molecule has 0 bridgehead atoms. The topological polar surface area (TPSA) is 75.3 Å². The molecule has 0 spiro atoms. The predicted molar refractivity (Wildman–Crippen MR) is 99.1 cm³/mol. The standard InChI is InChI=1S/C21H13F3N2O3/c22-14-8-4-12(5-9-14)19(27)13-6-10-15(11-7-13)25-21(29)26-20(28)18-16(23)2-1-3-17(18)24/h1-11H,(H2,25,26,28,29). The van der Waals surface area contributed by atoms with E-state index in [0.717, 1.165) is 18.2 Å². The monoisotopic (exact) mass is 398 g/mol. The maximum Gasteiger partial charge on any atom is 0.326 e. The number of amides is 3. The molecule has 5 nitrogen and oxygen atoms in total. The first kappa shape index (κ1) is 19.8. The molecular weight excluding hydrogens is 385 g/mol. The van der Waals surface area contributed by atoms with Crippen molar-refractivity contribution in [2.24, 2.45) is 0 Å². The highest BCUT2D eigenvalue weighted by atomic mass is 19.1. The Balaban J connectivity index is 1.65. The third kappa shape index (κ3) is 4.67. The molecule has 0 aliphatic carbocycles. The van der Waals surface area contributed by atoms with Crippen LogP contribution in [0.4, 0.5) is 23.7 Å². The van der Waals surface area contributed by atoms with Crippen molar-refractivity contribution in [1.82, 2.24) is 5.32 Å². The molecule has 0 aliphatic heterocycles. The second kappa shape index (κ2) is 8.39. The SMILES string of the molecule is O=C(NC(=O)c1c(F)cccc1F)Nc1ccc(C(=O)c2ccc(F)cc2)cc1. The molecule has 3 rings (SSSR count). The van der Waals surface area contributed by atoms with Crippen LogP contribution in [0.15, 0.2) is 66.7 Å². The molecule has 0 aromatic heterocycles. The van der Waals surface area contributed by atoms with E-state index in [-0.39, 0.29) is 11.5 Å². The zero-order valence-corrected chi connectivity index (χ0v) is 14.7. The highest BCUT2D eigenvalue weighted by Gasteiger charge is 2.19. The molecule has 0 fully saturated rings. The Bertz CT molecular complexity index is 1060. The van der Waals surface area contributed by atoms with E-state index in [2.05, 4.69) is 5.32 Å². The Labute approximate surface area is 163 Å². The lowest BCUT2D eigenvalue weighted by Gasteiger charge is -2.08. The zero-order chi connectivity index (χ0) is 21.0. The highest BCUT2D eigenvalue weighted by Crippen LogP contribution is 2.15. The van der Waals surface area contributed by atoms with Crippen molar-refractivity contribution < 1.29 is 27.6 Å². The summed E-state index contributed by atoms with van der Waals surface area (Å²) < 4.78 is 40.1. The zero-order valence-electron chi connectivity index (χ0n) is 14.7. The predicted octanol–water partition coefficient (Wildman–Crippen LogP) is 4.30. The molecule has 0 saturated carbocycles. The van der Waals surface area contributed by atoms with Gasteiger partial charge in [0.25, 0.3) is 5.91 Å². The fraction of sp³-hybridized carbons (Fsp3) is 0. The van der Waals surface area contributed by atoms with E-state index in [1.165, 1.54) is 48.5 Å². The molecule has 3 aromatic rings. The largest absolute Gasteiger partial charge is 0.326 e. The van der Waals surface area contributed by atoms with Crippen molar-refractivity contribution in [2.45, 2.75) is 0 Å². The van der Waals surface area contributed by atoms with Gasteiger partial charge in [-0.1, -0.05) is 6.07 Å². The molecule has 3 aromatic carbocycles. The van der Waals surface area contributed by atoms with Gasteiger partial charge < -0.3 is 5.32 Å². The van der Waals surface area contributed by atoms with E-state index < -0.39 is 35.0 Å². The molecule has 29 heavy (non-hydrogen) atoms. The quantitative estimate of drug-likeness (QED) is 0.644. The Morgan fingerprint density at radius 2 is 1.21 bits per heavy atom. The minimum Gasteiger partial charge on any atom is -0.308 e. The Kier molecular flexibility index (Phi) is 5.73. The summed E-state index contributed by atoms with van der Waals surface area (Å²) in [6.45, 7) is 0. The van der Waals surface area contributed by atoms with Crippen molar-refractivity contribution in [3.05, 3.63) is 101 Å². The first-order valence-corrected chi connectivity index (χ1v) is 8.32. The fourth-order valence-corrected chi connectivity index (χ4v) is 2.52. The van der Waals surface area contributed by atoms with Gasteiger partial charge in [-0.15, -0.1) is 0 Å². The number of imide groups is 1. The van der Waals surface area contributed by atoms with Gasteiger partial charge >= 0.3 is 6.03 Å². The van der Waals surface area contributed by atoms with E-state index in [1.807, 2.05) is 5.32 Å². The third-order valence-electron chi connectivity index (χ3n) is 3.93. The number of hydrogen-bond donors (Lipinski definition) is 2. The number of anilines is 1. The maximum atomic E-state index is 13.6. The molecule has 0 heterocycles. The van der Waals surface area contributed by atoms with Gasteiger partial charge in [0.2, 0.25) is 0 Å². The van der Waals surface area contributed by atoms with Gasteiger partial charge in [-0.05, 0) is 60.7 Å². The van der Waals surface area contributed by atoms with Gasteiger partial charge in [0.05, 0.1) is 0 Å². The van der Waals surface area contributed by atoms with Gasteiger partial charge in [0, 0.05) is 16.8 Å². The van der Waals surface area contributed by atoms with Gasteiger partial charge in [-0.3, -0.25) is 14.9 Å². The summed E-state index contributed by atoms with van der Waals surface area (Å²) >= 11 is 0. The first-order chi connectivity index (χ1) is 13.8.